The molecule has 9 heteroatoms. The molecule has 0 spiro atoms. The van der Waals surface area contributed by atoms with E-state index in [0.29, 0.717) is 5.56 Å². The van der Waals surface area contributed by atoms with Crippen molar-refractivity contribution in [3.05, 3.63) is 70.5 Å². The molecule has 0 heterocycles. The van der Waals surface area contributed by atoms with Crippen LogP contribution in [0.2, 0.25) is 0 Å². The lowest BCUT2D eigenvalue weighted by Gasteiger charge is -2.17. The van der Waals surface area contributed by atoms with E-state index in [4.69, 9.17) is 9.05 Å². The molecule has 1 unspecified atom stereocenters. The van der Waals surface area contributed by atoms with E-state index < -0.39 is 18.8 Å². The lowest BCUT2D eigenvalue weighted by atomic mass is 10.0. The number of halogens is 1. The predicted molar refractivity (Wildman–Crippen MR) is 139 cm³/mol. The minimum absolute atomic E-state index is 0.0565. The van der Waals surface area contributed by atoms with Crippen LogP contribution in [0.25, 0.3) is 17.2 Å². The van der Waals surface area contributed by atoms with E-state index >= 15 is 0 Å². The third kappa shape index (κ3) is 6.93. The molecule has 2 aromatic rings. The van der Waals surface area contributed by atoms with Gasteiger partial charge in [0.2, 0.25) is 5.91 Å². The van der Waals surface area contributed by atoms with Gasteiger partial charge >= 0.3 is 7.60 Å². The van der Waals surface area contributed by atoms with E-state index in [0.717, 1.165) is 32.7 Å². The third-order valence-corrected chi connectivity index (χ3v) is 8.68. The maximum atomic E-state index is 14.1. The highest BCUT2D eigenvalue weighted by atomic mass is 32.2. The summed E-state index contributed by atoms with van der Waals surface area (Å²) in [7, 11) is -3.25. The molecule has 188 valence electrons. The molecule has 0 aromatic heterocycles. The van der Waals surface area contributed by atoms with Crippen LogP contribution in [0.3, 0.4) is 0 Å². The largest absolute Gasteiger partial charge is 0.612 e. The smallest absolute Gasteiger partial charge is 0.332 e. The van der Waals surface area contributed by atoms with Crippen molar-refractivity contribution in [1.29, 1.82) is 0 Å². The molecule has 3 rings (SSSR count). The van der Waals surface area contributed by atoms with Crippen LogP contribution in [-0.4, -0.2) is 42.6 Å². The maximum Gasteiger partial charge on any atom is 0.332 e. The number of allylic oxidation sites excluding steroid dienone is 2. The summed E-state index contributed by atoms with van der Waals surface area (Å²) in [5.41, 5.74) is 4.99. The van der Waals surface area contributed by atoms with Crippen molar-refractivity contribution in [2.75, 3.05) is 32.2 Å². The molecule has 1 aliphatic carbocycles. The molecule has 0 saturated carbocycles. The second kappa shape index (κ2) is 12.2. The van der Waals surface area contributed by atoms with Crippen molar-refractivity contribution >= 4 is 41.9 Å². The molecule has 1 atom stereocenters. The van der Waals surface area contributed by atoms with Gasteiger partial charge in [0.15, 0.2) is 4.90 Å². The number of amides is 1. The third-order valence-electron chi connectivity index (χ3n) is 5.67. The zero-order valence-corrected chi connectivity index (χ0v) is 22.1. The van der Waals surface area contributed by atoms with Gasteiger partial charge in [-0.3, -0.25) is 9.36 Å². The molecule has 0 bridgehead atoms. The zero-order chi connectivity index (χ0) is 25.6. The van der Waals surface area contributed by atoms with Gasteiger partial charge in [0.25, 0.3) is 0 Å². The molecule has 0 radical (unpaired) electrons. The van der Waals surface area contributed by atoms with Gasteiger partial charge in [-0.1, -0.05) is 6.07 Å². The number of benzene rings is 2. The number of hydrogen-bond donors (Lipinski definition) is 1. The Balaban J connectivity index is 1.80. The fourth-order valence-electron chi connectivity index (χ4n) is 4.02. The molecule has 1 amide bonds. The zero-order valence-electron chi connectivity index (χ0n) is 20.4. The molecule has 1 N–H and O–H groups in total. The molecule has 0 aliphatic heterocycles. The molecule has 1 aliphatic rings. The molecular formula is C26H31FNO5PS. The first-order valence-corrected chi connectivity index (χ1v) is 14.8. The number of carbonyl (C=O) groups excluding carboxylic acids is 1. The topological polar surface area (TPSA) is 87.7 Å². The predicted octanol–water partition coefficient (Wildman–Crippen LogP) is 5.66. The van der Waals surface area contributed by atoms with Crippen molar-refractivity contribution < 1.29 is 27.4 Å². The fourth-order valence-corrected chi connectivity index (χ4v) is 6.04. The summed E-state index contributed by atoms with van der Waals surface area (Å²) in [5, 5.41) is 2.78. The molecular weight excluding hydrogens is 488 g/mol. The lowest BCUT2D eigenvalue weighted by Crippen LogP contribution is -2.27. The number of rotatable bonds is 11. The highest BCUT2D eigenvalue weighted by Gasteiger charge is 2.27. The van der Waals surface area contributed by atoms with Crippen molar-refractivity contribution in [3.8, 4) is 0 Å². The summed E-state index contributed by atoms with van der Waals surface area (Å²) in [5.74, 6) is -0.634. The molecule has 0 saturated heterocycles. The number of hydrogen-bond acceptors (Lipinski definition) is 5. The summed E-state index contributed by atoms with van der Waals surface area (Å²) in [6.07, 6.45) is 3.75. The number of nitrogens with one attached hydrogen (secondary N) is 1. The van der Waals surface area contributed by atoms with Crippen molar-refractivity contribution in [1.82, 2.24) is 5.32 Å². The molecule has 2 aromatic carbocycles. The van der Waals surface area contributed by atoms with Gasteiger partial charge in [0.1, 0.15) is 12.1 Å². The number of fused-ring (bicyclic) bond motifs is 1. The molecule has 0 fully saturated rings. The Morgan fingerprint density at radius 3 is 2.37 bits per heavy atom. The average molecular weight is 520 g/mol. The Bertz CT molecular complexity index is 1170. The van der Waals surface area contributed by atoms with Crippen LogP contribution >= 0.6 is 7.60 Å². The minimum atomic E-state index is -3.25. The molecule has 6 nitrogen and oxygen atoms in total. The Hall–Kier alpha value is -2.22. The first kappa shape index (κ1) is 27.4. The standard InChI is InChI=1S/C26H31FNO5PS/c1-5-32-34(30,33-6-2)14-13-28-26(29)17-24-18(3)23(22-12-9-20(27)16-25(22)24)15-19-7-10-21(11-8-19)35(4)31/h7-12,15-16H,5-6,13-14,17H2,1-4H3,(H,28,29)/b23-15-. The van der Waals surface area contributed by atoms with Gasteiger partial charge in [0.05, 0.1) is 25.8 Å². The maximum absolute atomic E-state index is 14.1. The van der Waals surface area contributed by atoms with Crippen LogP contribution in [0.15, 0.2) is 52.9 Å². The Labute approximate surface area is 209 Å². The summed E-state index contributed by atoms with van der Waals surface area (Å²) in [6.45, 7) is 6.05. The van der Waals surface area contributed by atoms with E-state index in [1.807, 2.05) is 37.3 Å². The van der Waals surface area contributed by atoms with E-state index in [2.05, 4.69) is 5.32 Å². The van der Waals surface area contributed by atoms with Crippen LogP contribution in [0.5, 0.6) is 0 Å². The minimum Gasteiger partial charge on any atom is -0.612 e. The van der Waals surface area contributed by atoms with E-state index in [1.165, 1.54) is 12.1 Å². The normalized spacial score (nSPS) is 15.4. The SMILES string of the molecule is CCOP(=O)(CCNC(=O)CC1=C(C)/C(=C/c2ccc([S+](C)[O-])cc2)c2ccc(F)cc21)OCC. The van der Waals surface area contributed by atoms with E-state index in [-0.39, 0.29) is 44.1 Å². The lowest BCUT2D eigenvalue weighted by molar-refractivity contribution is -0.119. The average Bonchev–Trinajstić information content (AvgIpc) is 3.05. The second-order valence-electron chi connectivity index (χ2n) is 8.07. The van der Waals surface area contributed by atoms with Crippen LogP contribution in [0.1, 0.15) is 43.9 Å². The van der Waals surface area contributed by atoms with Gasteiger partial charge in [0, 0.05) is 6.54 Å². The highest BCUT2D eigenvalue weighted by Crippen LogP contribution is 2.47. The summed E-state index contributed by atoms with van der Waals surface area (Å²) in [4.78, 5) is 13.5. The Kier molecular flexibility index (Phi) is 9.50. The monoisotopic (exact) mass is 519 g/mol. The van der Waals surface area contributed by atoms with Crippen LogP contribution in [-0.2, 0) is 29.6 Å². The Morgan fingerprint density at radius 2 is 1.77 bits per heavy atom. The summed E-state index contributed by atoms with van der Waals surface area (Å²) in [6, 6.07) is 12.0. The van der Waals surface area contributed by atoms with Gasteiger partial charge in [-0.2, -0.15) is 0 Å². The quantitative estimate of drug-likeness (QED) is 0.306. The van der Waals surface area contributed by atoms with E-state index in [1.54, 1.807) is 26.2 Å². The van der Waals surface area contributed by atoms with Crippen LogP contribution in [0, 0.1) is 5.82 Å². The Morgan fingerprint density at radius 1 is 1.11 bits per heavy atom. The van der Waals surface area contributed by atoms with Crippen LogP contribution in [0.4, 0.5) is 4.39 Å². The van der Waals surface area contributed by atoms with Crippen LogP contribution < -0.4 is 5.32 Å². The fraction of sp³-hybridized carbons (Fsp3) is 0.346. The van der Waals surface area contributed by atoms with Crippen molar-refractivity contribution in [2.45, 2.75) is 32.1 Å². The van der Waals surface area contributed by atoms with E-state index in [9.17, 15) is 18.3 Å². The van der Waals surface area contributed by atoms with Crippen molar-refractivity contribution in [2.24, 2.45) is 0 Å². The van der Waals surface area contributed by atoms with Crippen molar-refractivity contribution in [3.63, 3.8) is 0 Å². The van der Waals surface area contributed by atoms with Gasteiger partial charge in [-0.15, -0.1) is 0 Å². The van der Waals surface area contributed by atoms with Gasteiger partial charge < -0.3 is 18.9 Å². The summed E-state index contributed by atoms with van der Waals surface area (Å²) < 4.78 is 48.9. The first-order chi connectivity index (χ1) is 16.7. The first-order valence-electron chi connectivity index (χ1n) is 11.5. The summed E-state index contributed by atoms with van der Waals surface area (Å²) >= 11 is -1.06. The molecule has 35 heavy (non-hydrogen) atoms. The number of carbonyl (C=O) groups is 1. The highest BCUT2D eigenvalue weighted by molar-refractivity contribution is 7.90. The second-order valence-corrected chi connectivity index (χ2v) is 11.6. The van der Waals surface area contributed by atoms with Gasteiger partial charge in [-0.05, 0) is 108 Å². The van der Waals surface area contributed by atoms with Gasteiger partial charge in [-0.25, -0.2) is 4.39 Å².